The molecule has 7 nitrogen and oxygen atoms in total. The van der Waals surface area contributed by atoms with Crippen LogP contribution in [-0.4, -0.2) is 54.6 Å². The SMILES string of the molecule is CN(C)C(=O)CCNC(=O)N[C@H](C(=O)O)C(C)(C)C. The molecule has 7 heteroatoms. The molecule has 0 aliphatic carbocycles. The van der Waals surface area contributed by atoms with Crippen LogP contribution in [0.15, 0.2) is 0 Å². The molecule has 1 atom stereocenters. The van der Waals surface area contributed by atoms with E-state index in [-0.39, 0.29) is 18.9 Å². The third kappa shape index (κ3) is 6.64. The zero-order chi connectivity index (χ0) is 15.2. The quantitative estimate of drug-likeness (QED) is 0.669. The standard InChI is InChI=1S/C12H23N3O4/c1-12(2,3)9(10(17)18)14-11(19)13-7-6-8(16)15(4)5/h9H,6-7H2,1-5H3,(H,17,18)(H2,13,14,19)/t9-/m1/s1. The van der Waals surface area contributed by atoms with Gasteiger partial charge in [0, 0.05) is 27.1 Å². The van der Waals surface area contributed by atoms with Crippen LogP contribution in [0, 0.1) is 5.41 Å². The topological polar surface area (TPSA) is 98.7 Å². The fourth-order valence-electron chi connectivity index (χ4n) is 1.34. The summed E-state index contributed by atoms with van der Waals surface area (Å²) in [6.45, 7) is 5.34. The van der Waals surface area contributed by atoms with E-state index in [2.05, 4.69) is 10.6 Å². The summed E-state index contributed by atoms with van der Waals surface area (Å²) in [6, 6.07) is -1.58. The number of nitrogens with zero attached hydrogens (tertiary/aromatic N) is 1. The van der Waals surface area contributed by atoms with Crippen LogP contribution in [0.5, 0.6) is 0 Å². The average molecular weight is 273 g/mol. The maximum atomic E-state index is 11.5. The van der Waals surface area contributed by atoms with Gasteiger partial charge in [-0.3, -0.25) is 4.79 Å². The van der Waals surface area contributed by atoms with E-state index in [4.69, 9.17) is 5.11 Å². The molecule has 3 amide bonds. The van der Waals surface area contributed by atoms with Gasteiger partial charge in [-0.15, -0.1) is 0 Å². The van der Waals surface area contributed by atoms with Crippen LogP contribution in [-0.2, 0) is 9.59 Å². The third-order valence-electron chi connectivity index (χ3n) is 2.51. The van der Waals surface area contributed by atoms with E-state index in [0.29, 0.717) is 0 Å². The molecule has 0 fully saturated rings. The normalized spacial score (nSPS) is 12.5. The van der Waals surface area contributed by atoms with Crippen molar-refractivity contribution >= 4 is 17.9 Å². The maximum absolute atomic E-state index is 11.5. The lowest BCUT2D eigenvalue weighted by Crippen LogP contribution is -2.52. The van der Waals surface area contributed by atoms with E-state index >= 15 is 0 Å². The second kappa shape index (κ2) is 6.96. The minimum absolute atomic E-state index is 0.106. The highest BCUT2D eigenvalue weighted by Crippen LogP contribution is 2.19. The van der Waals surface area contributed by atoms with Gasteiger partial charge >= 0.3 is 12.0 Å². The molecule has 0 heterocycles. The number of hydrogen-bond acceptors (Lipinski definition) is 3. The molecule has 0 radical (unpaired) electrons. The Kier molecular flexibility index (Phi) is 6.31. The van der Waals surface area contributed by atoms with Crippen molar-refractivity contribution in [2.45, 2.75) is 33.2 Å². The zero-order valence-electron chi connectivity index (χ0n) is 12.1. The van der Waals surface area contributed by atoms with Crippen molar-refractivity contribution in [3.05, 3.63) is 0 Å². The Labute approximate surface area is 113 Å². The number of urea groups is 1. The number of carbonyl (C=O) groups excluding carboxylic acids is 2. The summed E-state index contributed by atoms with van der Waals surface area (Å²) >= 11 is 0. The highest BCUT2D eigenvalue weighted by atomic mass is 16.4. The lowest BCUT2D eigenvalue weighted by molar-refractivity contribution is -0.142. The molecule has 0 aliphatic heterocycles. The van der Waals surface area contributed by atoms with Crippen molar-refractivity contribution in [1.29, 1.82) is 0 Å². The summed E-state index contributed by atoms with van der Waals surface area (Å²) in [5.74, 6) is -1.20. The van der Waals surface area contributed by atoms with Gasteiger partial charge in [-0.05, 0) is 5.41 Å². The van der Waals surface area contributed by atoms with Crippen molar-refractivity contribution in [3.63, 3.8) is 0 Å². The molecule has 110 valence electrons. The molecule has 0 saturated carbocycles. The van der Waals surface area contributed by atoms with Gasteiger partial charge in [0.2, 0.25) is 5.91 Å². The second-order valence-electron chi connectivity index (χ2n) is 5.58. The Balaban J connectivity index is 4.23. The fraction of sp³-hybridized carbons (Fsp3) is 0.750. The van der Waals surface area contributed by atoms with Gasteiger partial charge in [0.05, 0.1) is 0 Å². The van der Waals surface area contributed by atoms with Crippen LogP contribution >= 0.6 is 0 Å². The summed E-state index contributed by atoms with van der Waals surface area (Å²) in [5, 5.41) is 13.9. The molecular formula is C12H23N3O4. The van der Waals surface area contributed by atoms with Crippen LogP contribution in [0.3, 0.4) is 0 Å². The lowest BCUT2D eigenvalue weighted by Gasteiger charge is -2.27. The van der Waals surface area contributed by atoms with E-state index < -0.39 is 23.5 Å². The number of amides is 3. The van der Waals surface area contributed by atoms with E-state index in [0.717, 1.165) is 0 Å². The number of carboxylic acid groups (broad SMARTS) is 1. The first-order chi connectivity index (χ1) is 8.55. The molecule has 0 rings (SSSR count). The number of rotatable bonds is 5. The van der Waals surface area contributed by atoms with Crippen LogP contribution in [0.4, 0.5) is 4.79 Å². The molecule has 0 aromatic rings. The lowest BCUT2D eigenvalue weighted by atomic mass is 9.87. The third-order valence-corrected chi connectivity index (χ3v) is 2.51. The summed E-state index contributed by atoms with van der Waals surface area (Å²) < 4.78 is 0. The van der Waals surface area contributed by atoms with Gasteiger partial charge in [0.15, 0.2) is 0 Å². The molecule has 0 aliphatic rings. The fourth-order valence-corrected chi connectivity index (χ4v) is 1.34. The minimum Gasteiger partial charge on any atom is -0.480 e. The second-order valence-corrected chi connectivity index (χ2v) is 5.58. The first-order valence-corrected chi connectivity index (χ1v) is 6.03. The van der Waals surface area contributed by atoms with Crippen LogP contribution < -0.4 is 10.6 Å². The largest absolute Gasteiger partial charge is 0.480 e. The van der Waals surface area contributed by atoms with Gasteiger partial charge in [-0.25, -0.2) is 9.59 Å². The average Bonchev–Trinajstić information content (AvgIpc) is 2.23. The Hall–Kier alpha value is -1.79. The van der Waals surface area contributed by atoms with Crippen LogP contribution in [0.2, 0.25) is 0 Å². The van der Waals surface area contributed by atoms with E-state index in [1.807, 2.05) is 0 Å². The smallest absolute Gasteiger partial charge is 0.326 e. The Morgan fingerprint density at radius 3 is 2.11 bits per heavy atom. The summed E-state index contributed by atoms with van der Waals surface area (Å²) in [5.41, 5.74) is -0.595. The predicted molar refractivity (Wildman–Crippen MR) is 70.7 cm³/mol. The van der Waals surface area contributed by atoms with Gasteiger partial charge in [0.1, 0.15) is 6.04 Å². The van der Waals surface area contributed by atoms with Gasteiger partial charge in [-0.2, -0.15) is 0 Å². The molecule has 0 spiro atoms. The first-order valence-electron chi connectivity index (χ1n) is 6.03. The zero-order valence-corrected chi connectivity index (χ0v) is 12.1. The minimum atomic E-state index is -1.09. The molecule has 0 unspecified atom stereocenters. The molecule has 3 N–H and O–H groups in total. The van der Waals surface area contributed by atoms with Crippen molar-refractivity contribution in [2.24, 2.45) is 5.41 Å². The van der Waals surface area contributed by atoms with E-state index in [1.54, 1.807) is 34.9 Å². The maximum Gasteiger partial charge on any atom is 0.326 e. The number of aliphatic carboxylic acids is 1. The predicted octanol–water partition coefficient (Wildman–Crippen LogP) is 0.263. The number of hydrogen-bond donors (Lipinski definition) is 3. The van der Waals surface area contributed by atoms with Crippen molar-refractivity contribution in [1.82, 2.24) is 15.5 Å². The Bertz CT molecular complexity index is 347. The van der Waals surface area contributed by atoms with Crippen LogP contribution in [0.1, 0.15) is 27.2 Å². The van der Waals surface area contributed by atoms with Crippen LogP contribution in [0.25, 0.3) is 0 Å². The Morgan fingerprint density at radius 2 is 1.74 bits per heavy atom. The van der Waals surface area contributed by atoms with Gasteiger partial charge in [-0.1, -0.05) is 20.8 Å². The number of carbonyl (C=O) groups is 3. The molecule has 0 aromatic heterocycles. The Morgan fingerprint density at radius 1 is 1.21 bits per heavy atom. The highest BCUT2D eigenvalue weighted by molar-refractivity contribution is 5.83. The monoisotopic (exact) mass is 273 g/mol. The summed E-state index contributed by atoms with van der Waals surface area (Å²) in [4.78, 5) is 35.3. The van der Waals surface area contributed by atoms with Crippen molar-refractivity contribution in [2.75, 3.05) is 20.6 Å². The molecule has 19 heavy (non-hydrogen) atoms. The number of nitrogens with one attached hydrogen (secondary N) is 2. The highest BCUT2D eigenvalue weighted by Gasteiger charge is 2.32. The molecule has 0 saturated heterocycles. The summed E-state index contributed by atoms with van der Waals surface area (Å²) in [6.07, 6.45) is 0.174. The first kappa shape index (κ1) is 17.2. The van der Waals surface area contributed by atoms with Crippen molar-refractivity contribution in [3.8, 4) is 0 Å². The van der Waals surface area contributed by atoms with Crippen molar-refractivity contribution < 1.29 is 19.5 Å². The molecular weight excluding hydrogens is 250 g/mol. The molecule has 0 bridgehead atoms. The van der Waals surface area contributed by atoms with Gasteiger partial charge in [0.25, 0.3) is 0 Å². The van der Waals surface area contributed by atoms with E-state index in [1.165, 1.54) is 4.90 Å². The van der Waals surface area contributed by atoms with Gasteiger partial charge < -0.3 is 20.6 Å². The number of carboxylic acids is 1. The summed E-state index contributed by atoms with van der Waals surface area (Å²) in [7, 11) is 3.25. The molecule has 0 aromatic carbocycles. The van der Waals surface area contributed by atoms with E-state index in [9.17, 15) is 14.4 Å².